The lowest BCUT2D eigenvalue weighted by molar-refractivity contribution is -0.169. The first-order chi connectivity index (χ1) is 4.79. The van der Waals surface area contributed by atoms with E-state index in [2.05, 4.69) is 5.43 Å². The molecule has 0 unspecified atom stereocenters. The summed E-state index contributed by atoms with van der Waals surface area (Å²) >= 11 is 0. The van der Waals surface area contributed by atoms with Gasteiger partial charge in [0.05, 0.1) is 0 Å². The van der Waals surface area contributed by atoms with Gasteiger partial charge in [-0.1, -0.05) is 0 Å². The first kappa shape index (κ1) is 5.56. The second-order valence-electron chi connectivity index (χ2n) is 4.59. The van der Waals surface area contributed by atoms with Crippen molar-refractivity contribution in [2.45, 2.75) is 37.6 Å². The van der Waals surface area contributed by atoms with E-state index in [4.69, 9.17) is 5.84 Å². The molecule has 4 rings (SSSR count). The van der Waals surface area contributed by atoms with Gasteiger partial charge in [0.15, 0.2) is 0 Å². The van der Waals surface area contributed by atoms with Crippen LogP contribution in [0.5, 0.6) is 0 Å². The molecule has 3 N–H and O–H groups in total. The van der Waals surface area contributed by atoms with Crippen LogP contribution in [0.15, 0.2) is 0 Å². The standard InChI is InChI=1S/C8H14N2/c9-10-8-3-7(4-8,5-8)6-1-2-6/h6,10H,1-5,9H2. The van der Waals surface area contributed by atoms with E-state index in [1.165, 1.54) is 32.1 Å². The van der Waals surface area contributed by atoms with Crippen molar-refractivity contribution in [2.24, 2.45) is 17.2 Å². The number of hydrazine groups is 1. The fourth-order valence-corrected chi connectivity index (χ4v) is 3.15. The molecule has 0 amide bonds. The molecule has 2 heteroatoms. The third-order valence-electron chi connectivity index (χ3n) is 3.82. The molecule has 4 saturated carbocycles. The van der Waals surface area contributed by atoms with Crippen molar-refractivity contribution in [3.8, 4) is 0 Å². The van der Waals surface area contributed by atoms with Gasteiger partial charge < -0.3 is 0 Å². The molecule has 2 nitrogen and oxygen atoms in total. The molecular weight excluding hydrogens is 124 g/mol. The van der Waals surface area contributed by atoms with Gasteiger partial charge >= 0.3 is 0 Å². The molecule has 0 aliphatic heterocycles. The SMILES string of the molecule is NNC12CC(C3CC3)(C1)C2. The van der Waals surface area contributed by atoms with Crippen molar-refractivity contribution in [2.75, 3.05) is 0 Å². The Bertz CT molecular complexity index is 164. The highest BCUT2D eigenvalue weighted by atomic mass is 15.3. The molecule has 0 saturated heterocycles. The maximum atomic E-state index is 5.44. The molecule has 0 aromatic rings. The maximum absolute atomic E-state index is 5.44. The van der Waals surface area contributed by atoms with Gasteiger partial charge in [0, 0.05) is 5.54 Å². The Kier molecular flexibility index (Phi) is 0.710. The van der Waals surface area contributed by atoms with E-state index < -0.39 is 0 Å². The summed E-state index contributed by atoms with van der Waals surface area (Å²) in [4.78, 5) is 0. The maximum Gasteiger partial charge on any atom is 0.0337 e. The molecule has 10 heavy (non-hydrogen) atoms. The number of rotatable bonds is 2. The van der Waals surface area contributed by atoms with Crippen molar-refractivity contribution in [3.05, 3.63) is 0 Å². The molecule has 2 bridgehead atoms. The molecule has 4 aliphatic carbocycles. The molecule has 4 aliphatic rings. The average molecular weight is 138 g/mol. The van der Waals surface area contributed by atoms with E-state index in [-0.39, 0.29) is 0 Å². The highest BCUT2D eigenvalue weighted by molar-refractivity contribution is 5.25. The predicted molar refractivity (Wildman–Crippen MR) is 39.1 cm³/mol. The van der Waals surface area contributed by atoms with E-state index in [0.29, 0.717) is 5.54 Å². The van der Waals surface area contributed by atoms with E-state index in [1.807, 2.05) is 0 Å². The van der Waals surface area contributed by atoms with Gasteiger partial charge in [0.1, 0.15) is 0 Å². The lowest BCUT2D eigenvalue weighted by Crippen LogP contribution is -2.75. The average Bonchev–Trinajstić information content (AvgIpc) is 2.42. The van der Waals surface area contributed by atoms with Crippen LogP contribution >= 0.6 is 0 Å². The van der Waals surface area contributed by atoms with Crippen LogP contribution in [-0.4, -0.2) is 5.54 Å². The van der Waals surface area contributed by atoms with Gasteiger partial charge in [-0.2, -0.15) is 0 Å². The molecule has 0 radical (unpaired) electrons. The molecule has 0 aromatic heterocycles. The summed E-state index contributed by atoms with van der Waals surface area (Å²) in [5, 5.41) is 0. The van der Waals surface area contributed by atoms with Crippen LogP contribution in [-0.2, 0) is 0 Å². The molecular formula is C8H14N2. The summed E-state index contributed by atoms with van der Waals surface area (Å²) in [5.41, 5.74) is 4.17. The molecule has 4 fully saturated rings. The lowest BCUT2D eigenvalue weighted by atomic mass is 9.38. The van der Waals surface area contributed by atoms with Crippen LogP contribution < -0.4 is 11.3 Å². The van der Waals surface area contributed by atoms with Crippen molar-refractivity contribution in [1.82, 2.24) is 5.43 Å². The third kappa shape index (κ3) is 0.424. The van der Waals surface area contributed by atoms with Crippen LogP contribution in [0.4, 0.5) is 0 Å². The van der Waals surface area contributed by atoms with Crippen LogP contribution in [0.3, 0.4) is 0 Å². The fourth-order valence-electron chi connectivity index (χ4n) is 3.15. The summed E-state index contributed by atoms with van der Waals surface area (Å²) in [7, 11) is 0. The Morgan fingerprint density at radius 2 is 1.80 bits per heavy atom. The minimum Gasteiger partial charge on any atom is -0.271 e. The normalized spacial score (nSPS) is 57.3. The zero-order valence-corrected chi connectivity index (χ0v) is 6.19. The zero-order chi connectivity index (χ0) is 6.82. The van der Waals surface area contributed by atoms with Crippen LogP contribution in [0, 0.1) is 11.3 Å². The quantitative estimate of drug-likeness (QED) is 0.437. The first-order valence-electron chi connectivity index (χ1n) is 4.27. The third-order valence-corrected chi connectivity index (χ3v) is 3.82. The lowest BCUT2D eigenvalue weighted by Gasteiger charge is -2.71. The van der Waals surface area contributed by atoms with Crippen molar-refractivity contribution >= 4 is 0 Å². The molecule has 0 aromatic carbocycles. The van der Waals surface area contributed by atoms with E-state index >= 15 is 0 Å². The van der Waals surface area contributed by atoms with Gasteiger partial charge in [0.25, 0.3) is 0 Å². The van der Waals surface area contributed by atoms with Gasteiger partial charge in [-0.05, 0) is 43.4 Å². The molecule has 0 spiro atoms. The summed E-state index contributed by atoms with van der Waals surface area (Å²) in [6.07, 6.45) is 7.13. The van der Waals surface area contributed by atoms with E-state index in [0.717, 1.165) is 11.3 Å². The van der Waals surface area contributed by atoms with Crippen molar-refractivity contribution in [3.63, 3.8) is 0 Å². The van der Waals surface area contributed by atoms with Gasteiger partial charge in [-0.25, -0.2) is 0 Å². The van der Waals surface area contributed by atoms with Crippen LogP contribution in [0.2, 0.25) is 0 Å². The zero-order valence-electron chi connectivity index (χ0n) is 6.19. The fraction of sp³-hybridized carbons (Fsp3) is 1.00. The Morgan fingerprint density at radius 3 is 2.20 bits per heavy atom. The number of hydrogen-bond donors (Lipinski definition) is 2. The topological polar surface area (TPSA) is 38.0 Å². The summed E-state index contributed by atoms with van der Waals surface area (Å²) < 4.78 is 0. The smallest absolute Gasteiger partial charge is 0.0337 e. The summed E-state index contributed by atoms with van der Waals surface area (Å²) in [6, 6.07) is 0. The highest BCUT2D eigenvalue weighted by Gasteiger charge is 2.71. The Morgan fingerprint density at radius 1 is 1.20 bits per heavy atom. The van der Waals surface area contributed by atoms with Gasteiger partial charge in [-0.15, -0.1) is 0 Å². The number of nitrogens with one attached hydrogen (secondary N) is 1. The van der Waals surface area contributed by atoms with Crippen LogP contribution in [0.25, 0.3) is 0 Å². The van der Waals surface area contributed by atoms with Crippen molar-refractivity contribution in [1.29, 1.82) is 0 Å². The Hall–Kier alpha value is -0.0800. The Labute approximate surface area is 61.1 Å². The minimum atomic E-state index is 0.419. The van der Waals surface area contributed by atoms with Crippen LogP contribution in [0.1, 0.15) is 32.1 Å². The highest BCUT2D eigenvalue weighted by Crippen LogP contribution is 2.74. The largest absolute Gasteiger partial charge is 0.271 e. The first-order valence-corrected chi connectivity index (χ1v) is 4.27. The Balaban J connectivity index is 1.73. The predicted octanol–water partition coefficient (Wildman–Crippen LogP) is 0.782. The van der Waals surface area contributed by atoms with E-state index in [9.17, 15) is 0 Å². The van der Waals surface area contributed by atoms with Gasteiger partial charge in [0.2, 0.25) is 0 Å². The van der Waals surface area contributed by atoms with Crippen molar-refractivity contribution < 1.29 is 0 Å². The molecule has 0 atom stereocenters. The second-order valence-corrected chi connectivity index (χ2v) is 4.59. The summed E-state index contributed by atoms with van der Waals surface area (Å²) in [5.74, 6) is 6.54. The number of nitrogens with two attached hydrogens (primary N) is 1. The van der Waals surface area contributed by atoms with E-state index in [1.54, 1.807) is 0 Å². The molecule has 56 valence electrons. The monoisotopic (exact) mass is 138 g/mol. The second kappa shape index (κ2) is 1.28. The number of hydrogen-bond acceptors (Lipinski definition) is 2. The minimum absolute atomic E-state index is 0.419. The molecule has 0 heterocycles. The van der Waals surface area contributed by atoms with Gasteiger partial charge in [-0.3, -0.25) is 11.3 Å². The summed E-state index contributed by atoms with van der Waals surface area (Å²) in [6.45, 7) is 0.